The maximum atomic E-state index is 11.0. The van der Waals surface area contributed by atoms with Crippen molar-refractivity contribution in [1.82, 2.24) is 0 Å². The van der Waals surface area contributed by atoms with Gasteiger partial charge in [-0.15, -0.1) is 0 Å². The highest BCUT2D eigenvalue weighted by atomic mass is 16.4. The molecule has 88 valence electrons. The molecule has 1 aliphatic rings. The fourth-order valence-corrected chi connectivity index (χ4v) is 2.06. The van der Waals surface area contributed by atoms with Crippen LogP contribution in [0.2, 0.25) is 0 Å². The molecular formula is C12H12N2O3. The van der Waals surface area contributed by atoms with E-state index in [0.717, 1.165) is 0 Å². The average Bonchev–Trinajstić information content (AvgIpc) is 2.72. The third-order valence-corrected chi connectivity index (χ3v) is 2.89. The molecule has 0 aromatic heterocycles. The van der Waals surface area contributed by atoms with Gasteiger partial charge >= 0.3 is 5.97 Å². The lowest BCUT2D eigenvalue weighted by Gasteiger charge is -2.23. The Kier molecular flexibility index (Phi) is 2.98. The molecule has 1 saturated heterocycles. The Balaban J connectivity index is 2.26. The van der Waals surface area contributed by atoms with Crippen molar-refractivity contribution in [3.63, 3.8) is 0 Å². The molecule has 0 aliphatic carbocycles. The van der Waals surface area contributed by atoms with Gasteiger partial charge in [0.25, 0.3) is 0 Å². The average molecular weight is 232 g/mol. The van der Waals surface area contributed by atoms with Crippen LogP contribution in [0.15, 0.2) is 24.3 Å². The number of nitrogens with zero attached hydrogens (tertiary/aromatic N) is 2. The van der Waals surface area contributed by atoms with E-state index in [-0.39, 0.29) is 6.42 Å². The summed E-state index contributed by atoms with van der Waals surface area (Å²) in [7, 11) is 0. The normalized spacial score (nSPS) is 23.4. The molecule has 2 N–H and O–H groups in total. The van der Waals surface area contributed by atoms with Crippen molar-refractivity contribution in [1.29, 1.82) is 5.26 Å². The summed E-state index contributed by atoms with van der Waals surface area (Å²) in [4.78, 5) is 12.7. The van der Waals surface area contributed by atoms with Gasteiger partial charge in [0.2, 0.25) is 0 Å². The molecule has 1 aromatic rings. The maximum absolute atomic E-state index is 11.0. The summed E-state index contributed by atoms with van der Waals surface area (Å²) < 4.78 is 0. The third kappa shape index (κ3) is 2.22. The van der Waals surface area contributed by atoms with Gasteiger partial charge in [0.05, 0.1) is 17.7 Å². The van der Waals surface area contributed by atoms with E-state index < -0.39 is 18.1 Å². The van der Waals surface area contributed by atoms with E-state index in [1.807, 2.05) is 6.07 Å². The minimum absolute atomic E-state index is 0.231. The van der Waals surface area contributed by atoms with Crippen molar-refractivity contribution in [2.75, 3.05) is 11.4 Å². The van der Waals surface area contributed by atoms with E-state index in [4.69, 9.17) is 10.4 Å². The van der Waals surface area contributed by atoms with Gasteiger partial charge in [-0.05, 0) is 24.3 Å². The van der Waals surface area contributed by atoms with Crippen molar-refractivity contribution < 1.29 is 15.0 Å². The van der Waals surface area contributed by atoms with Crippen LogP contribution in [-0.2, 0) is 4.79 Å². The van der Waals surface area contributed by atoms with Crippen LogP contribution >= 0.6 is 0 Å². The van der Waals surface area contributed by atoms with Gasteiger partial charge in [0, 0.05) is 18.7 Å². The smallest absolute Gasteiger partial charge is 0.326 e. The number of benzene rings is 1. The second kappa shape index (κ2) is 4.44. The minimum Gasteiger partial charge on any atom is -0.480 e. The molecule has 17 heavy (non-hydrogen) atoms. The molecular weight excluding hydrogens is 220 g/mol. The fraction of sp³-hybridized carbons (Fsp3) is 0.333. The topological polar surface area (TPSA) is 84.6 Å². The van der Waals surface area contributed by atoms with Crippen LogP contribution < -0.4 is 4.90 Å². The number of nitriles is 1. The summed E-state index contributed by atoms with van der Waals surface area (Å²) in [6.45, 7) is 0.308. The number of β-amino-alcohol motifs (C(OH)–C–C–N with tert-alkyl or cyclic N) is 1. The van der Waals surface area contributed by atoms with Crippen molar-refractivity contribution in [2.45, 2.75) is 18.6 Å². The molecule has 2 rings (SSSR count). The molecule has 2 atom stereocenters. The van der Waals surface area contributed by atoms with Gasteiger partial charge in [-0.3, -0.25) is 0 Å². The largest absolute Gasteiger partial charge is 0.480 e. The van der Waals surface area contributed by atoms with Crippen LogP contribution in [0.4, 0.5) is 5.69 Å². The summed E-state index contributed by atoms with van der Waals surface area (Å²) in [5, 5.41) is 27.3. The van der Waals surface area contributed by atoms with Crippen LogP contribution in [-0.4, -0.2) is 34.9 Å². The molecule has 0 saturated carbocycles. The monoisotopic (exact) mass is 232 g/mol. The zero-order valence-corrected chi connectivity index (χ0v) is 9.08. The molecule has 0 radical (unpaired) electrons. The molecule has 1 aromatic carbocycles. The quantitative estimate of drug-likeness (QED) is 0.779. The zero-order chi connectivity index (χ0) is 12.4. The number of carbonyl (C=O) groups is 1. The Labute approximate surface area is 98.5 Å². The fourth-order valence-electron chi connectivity index (χ4n) is 2.06. The van der Waals surface area contributed by atoms with Gasteiger partial charge in [-0.1, -0.05) is 0 Å². The van der Waals surface area contributed by atoms with Gasteiger partial charge in [0.15, 0.2) is 0 Å². The first-order valence-corrected chi connectivity index (χ1v) is 5.29. The number of carboxylic acid groups (broad SMARTS) is 1. The number of hydrogen-bond donors (Lipinski definition) is 2. The van der Waals surface area contributed by atoms with Gasteiger partial charge in [-0.25, -0.2) is 4.79 Å². The van der Waals surface area contributed by atoms with Crippen molar-refractivity contribution >= 4 is 11.7 Å². The zero-order valence-electron chi connectivity index (χ0n) is 9.08. The molecule has 0 amide bonds. The van der Waals surface area contributed by atoms with Crippen LogP contribution in [0.3, 0.4) is 0 Å². The molecule has 1 heterocycles. The number of rotatable bonds is 2. The first-order chi connectivity index (χ1) is 8.11. The summed E-state index contributed by atoms with van der Waals surface area (Å²) in [6.07, 6.45) is -0.387. The Morgan fingerprint density at radius 3 is 2.59 bits per heavy atom. The minimum atomic E-state index is -0.939. The van der Waals surface area contributed by atoms with Crippen LogP contribution in [0.5, 0.6) is 0 Å². The first-order valence-electron chi connectivity index (χ1n) is 5.29. The van der Waals surface area contributed by atoms with Gasteiger partial charge in [0.1, 0.15) is 6.04 Å². The van der Waals surface area contributed by atoms with E-state index >= 15 is 0 Å². The second-order valence-electron chi connectivity index (χ2n) is 4.05. The SMILES string of the molecule is N#Cc1ccc(N2CC(O)CC2C(=O)O)cc1. The van der Waals surface area contributed by atoms with Crippen LogP contribution in [0.1, 0.15) is 12.0 Å². The maximum Gasteiger partial charge on any atom is 0.326 e. The third-order valence-electron chi connectivity index (χ3n) is 2.89. The van der Waals surface area contributed by atoms with E-state index in [0.29, 0.717) is 17.8 Å². The van der Waals surface area contributed by atoms with E-state index in [9.17, 15) is 9.90 Å². The number of hydrogen-bond acceptors (Lipinski definition) is 4. The van der Waals surface area contributed by atoms with Gasteiger partial charge < -0.3 is 15.1 Å². The Morgan fingerprint density at radius 1 is 1.41 bits per heavy atom. The molecule has 1 aliphatic heterocycles. The predicted octanol–water partition coefficient (Wildman–Crippen LogP) is 0.582. The second-order valence-corrected chi connectivity index (χ2v) is 4.05. The van der Waals surface area contributed by atoms with E-state index in [2.05, 4.69) is 0 Å². The number of aliphatic carboxylic acids is 1. The van der Waals surface area contributed by atoms with Crippen LogP contribution in [0, 0.1) is 11.3 Å². The number of aliphatic hydroxyl groups excluding tert-OH is 1. The van der Waals surface area contributed by atoms with E-state index in [1.165, 1.54) is 0 Å². The van der Waals surface area contributed by atoms with Crippen molar-refractivity contribution in [2.24, 2.45) is 0 Å². The first kappa shape index (κ1) is 11.4. The summed E-state index contributed by atoms with van der Waals surface area (Å²) in [6, 6.07) is 7.98. The molecule has 0 bridgehead atoms. The molecule has 0 spiro atoms. The summed E-state index contributed by atoms with van der Waals surface area (Å²) in [5.74, 6) is -0.939. The van der Waals surface area contributed by atoms with E-state index in [1.54, 1.807) is 29.2 Å². The highest BCUT2D eigenvalue weighted by molar-refractivity contribution is 5.79. The van der Waals surface area contributed by atoms with Gasteiger partial charge in [-0.2, -0.15) is 5.26 Å². The Bertz CT molecular complexity index is 464. The lowest BCUT2D eigenvalue weighted by atomic mass is 10.2. The number of aliphatic hydroxyl groups is 1. The number of carboxylic acids is 1. The lowest BCUT2D eigenvalue weighted by molar-refractivity contribution is -0.138. The van der Waals surface area contributed by atoms with Crippen molar-refractivity contribution in [3.8, 4) is 6.07 Å². The molecule has 2 unspecified atom stereocenters. The van der Waals surface area contributed by atoms with Crippen LogP contribution in [0.25, 0.3) is 0 Å². The number of anilines is 1. The summed E-state index contributed by atoms with van der Waals surface area (Å²) in [5.41, 5.74) is 1.24. The Morgan fingerprint density at radius 2 is 2.06 bits per heavy atom. The highest BCUT2D eigenvalue weighted by Crippen LogP contribution is 2.26. The highest BCUT2D eigenvalue weighted by Gasteiger charge is 2.35. The Hall–Kier alpha value is -2.06. The summed E-state index contributed by atoms with van der Waals surface area (Å²) >= 11 is 0. The molecule has 5 heteroatoms. The van der Waals surface area contributed by atoms with Crippen molar-refractivity contribution in [3.05, 3.63) is 29.8 Å². The lowest BCUT2D eigenvalue weighted by Crippen LogP contribution is -2.35. The molecule has 5 nitrogen and oxygen atoms in total. The molecule has 1 fully saturated rings. The standard InChI is InChI=1S/C12H12N2O3/c13-6-8-1-3-9(4-2-8)14-7-10(15)5-11(14)12(16)17/h1-4,10-11,15H,5,7H2,(H,16,17). The predicted molar refractivity (Wildman–Crippen MR) is 60.6 cm³/mol.